The fraction of sp³-hybridized carbons (Fsp3) is 0. The standard InChI is InChI=1S/Al.H3N.2H2O.O/h;1H3;2*1H2;/q+3;;;;-2/p-1. The Labute approximate surface area is 40.8 Å². The second kappa shape index (κ2) is 358. The van der Waals surface area contributed by atoms with Gasteiger partial charge in [-0.3, -0.25) is 0 Å². The van der Waals surface area contributed by atoms with Gasteiger partial charge >= 0.3 is 17.4 Å². The van der Waals surface area contributed by atoms with Gasteiger partial charge in [0, 0.05) is 0 Å². The van der Waals surface area contributed by atoms with Gasteiger partial charge in [-0.05, 0) is 0 Å². The van der Waals surface area contributed by atoms with Crippen LogP contribution in [0.5, 0.6) is 0 Å². The third-order valence-electron chi connectivity index (χ3n) is 0. The maximum Gasteiger partial charge on any atom is 3.00 e. The zero-order chi connectivity index (χ0) is 0. The molecule has 5 heavy (non-hydrogen) atoms. The van der Waals surface area contributed by atoms with E-state index in [-0.39, 0.29) is 39.9 Å². The van der Waals surface area contributed by atoms with Crippen molar-refractivity contribution in [1.82, 2.24) is 6.15 Å². The first-order chi connectivity index (χ1) is 0. The van der Waals surface area contributed by atoms with Gasteiger partial charge in [0.1, 0.15) is 0 Å². The molecule has 4 nitrogen and oxygen atoms in total. The summed E-state index contributed by atoms with van der Waals surface area (Å²) in [5.41, 5.74) is 0. The molecule has 6 N–H and O–H groups in total. The van der Waals surface area contributed by atoms with Crippen molar-refractivity contribution in [1.29, 1.82) is 0 Å². The molecule has 0 aliphatic rings. The van der Waals surface area contributed by atoms with Crippen LogP contribution < -0.4 is 6.15 Å². The summed E-state index contributed by atoms with van der Waals surface area (Å²) >= 11 is 0. The van der Waals surface area contributed by atoms with Crippen molar-refractivity contribution in [3.05, 3.63) is 0 Å². The molecule has 0 amide bonds. The van der Waals surface area contributed by atoms with E-state index >= 15 is 0 Å². The normalized spacial score (nSPS) is 0. The number of rotatable bonds is 0. The minimum absolute atomic E-state index is 0. The van der Waals surface area contributed by atoms with Gasteiger partial charge in [-0.15, -0.1) is 0 Å². The van der Waals surface area contributed by atoms with Gasteiger partial charge in [-0.2, -0.15) is 0 Å². The molecule has 0 spiro atoms. The van der Waals surface area contributed by atoms with Gasteiger partial charge in [-0.25, -0.2) is 0 Å². The van der Waals surface area contributed by atoms with E-state index in [4.69, 9.17) is 0 Å². The minimum Gasteiger partial charge on any atom is -2.00 e. The number of hydrogen-bond donors (Lipinski definition) is 1. The molecule has 0 aromatic heterocycles. The van der Waals surface area contributed by atoms with Crippen LogP contribution >= 0.6 is 0 Å². The van der Waals surface area contributed by atoms with Crippen LogP contribution in [0.4, 0.5) is 0 Å². The molecular weight excluding hydrogens is 89.0 g/mol. The molecule has 0 radical (unpaired) electrons. The van der Waals surface area contributed by atoms with Crippen LogP contribution in [0.2, 0.25) is 0 Å². The van der Waals surface area contributed by atoms with Crippen LogP contribution in [0.1, 0.15) is 0 Å². The van der Waals surface area contributed by atoms with E-state index in [1.807, 2.05) is 0 Å². The Morgan fingerprint density at radius 1 is 1.00 bits per heavy atom. The molecule has 0 unspecified atom stereocenters. The Kier molecular flexibility index (Phi) is 53100. The van der Waals surface area contributed by atoms with Gasteiger partial charge in [-0.1, -0.05) is 0 Å². The maximum atomic E-state index is 0. The fourth-order valence-electron chi connectivity index (χ4n) is 0. The first-order valence-electron chi connectivity index (χ1n) is 0. The largest absolute Gasteiger partial charge is 3.00 e. The molecule has 0 fully saturated rings. The summed E-state index contributed by atoms with van der Waals surface area (Å²) in [4.78, 5) is 0. The van der Waals surface area contributed by atoms with E-state index in [0.29, 0.717) is 0 Å². The molecule has 0 bridgehead atoms. The summed E-state index contributed by atoms with van der Waals surface area (Å²) in [7, 11) is 0. The average molecular weight is 95.0 g/mol. The molecule has 0 rings (SSSR count). The van der Waals surface area contributed by atoms with Gasteiger partial charge in [0.25, 0.3) is 0 Å². The molecule has 0 aliphatic carbocycles. The molecule has 5 heteroatoms. The van der Waals surface area contributed by atoms with Gasteiger partial charge in [0.05, 0.1) is 0 Å². The van der Waals surface area contributed by atoms with Crippen molar-refractivity contribution in [3.8, 4) is 0 Å². The quantitative estimate of drug-likeness (QED) is 0.374. The first-order valence-corrected chi connectivity index (χ1v) is 0. The molecular formula is H6AlNO3. The summed E-state index contributed by atoms with van der Waals surface area (Å²) in [6.45, 7) is 0. The topological polar surface area (TPSA) is 125 Å². The van der Waals surface area contributed by atoms with Crippen LogP contribution in [0.15, 0.2) is 0 Å². The van der Waals surface area contributed by atoms with Crippen LogP contribution in [-0.2, 0) is 5.48 Å². The molecule has 0 aromatic carbocycles. The Bertz CT molecular complexity index is 6.85. The SMILES string of the molecule is N.O.[Al+3].[O-2].[OH-]. The fourth-order valence-corrected chi connectivity index (χ4v) is 0. The Morgan fingerprint density at radius 3 is 1.00 bits per heavy atom. The molecule has 32 valence electrons. The van der Waals surface area contributed by atoms with Gasteiger partial charge in [0.15, 0.2) is 0 Å². The molecule has 0 aromatic rings. The van der Waals surface area contributed by atoms with Crippen molar-refractivity contribution >= 4 is 17.4 Å². The van der Waals surface area contributed by atoms with Crippen molar-refractivity contribution in [2.75, 3.05) is 0 Å². The zero-order valence-electron chi connectivity index (χ0n) is 2.64. The van der Waals surface area contributed by atoms with E-state index in [1.165, 1.54) is 0 Å². The van der Waals surface area contributed by atoms with Crippen LogP contribution in [0.25, 0.3) is 0 Å². The van der Waals surface area contributed by atoms with Crippen LogP contribution in [0.3, 0.4) is 0 Å². The van der Waals surface area contributed by atoms with Gasteiger partial charge in [0.2, 0.25) is 0 Å². The van der Waals surface area contributed by atoms with Crippen molar-refractivity contribution < 1.29 is 16.4 Å². The first kappa shape index (κ1) is 740. The van der Waals surface area contributed by atoms with Crippen molar-refractivity contribution in [2.24, 2.45) is 0 Å². The Hall–Kier alpha value is 0.372. The van der Waals surface area contributed by atoms with Crippen LogP contribution in [0, 0.1) is 0 Å². The summed E-state index contributed by atoms with van der Waals surface area (Å²) in [5.74, 6) is 0. The molecule has 0 atom stereocenters. The van der Waals surface area contributed by atoms with E-state index in [0.717, 1.165) is 0 Å². The van der Waals surface area contributed by atoms with Crippen LogP contribution in [-0.4, -0.2) is 28.3 Å². The molecule has 0 aliphatic heterocycles. The third kappa shape index (κ3) is 177. The predicted molar refractivity (Wildman–Crippen MR) is 17.0 cm³/mol. The van der Waals surface area contributed by atoms with E-state index in [9.17, 15) is 0 Å². The molecule has 0 saturated carbocycles. The second-order valence-corrected chi connectivity index (χ2v) is 0. The monoisotopic (exact) mass is 95.0 g/mol. The second-order valence-electron chi connectivity index (χ2n) is 0. The predicted octanol–water partition coefficient (Wildman–Crippen LogP) is -1.34. The average Bonchev–Trinajstić information content (AvgIpc) is 0. The van der Waals surface area contributed by atoms with Crippen molar-refractivity contribution in [3.63, 3.8) is 0 Å². The van der Waals surface area contributed by atoms with E-state index in [2.05, 4.69) is 0 Å². The van der Waals surface area contributed by atoms with Crippen molar-refractivity contribution in [2.45, 2.75) is 0 Å². The number of hydrogen-bond acceptors (Lipinski definition) is 2. The van der Waals surface area contributed by atoms with E-state index < -0.39 is 0 Å². The summed E-state index contributed by atoms with van der Waals surface area (Å²) in [5, 5.41) is 0. The third-order valence-corrected chi connectivity index (χ3v) is 0. The Morgan fingerprint density at radius 2 is 1.00 bits per heavy atom. The Balaban J connectivity index is 0. The summed E-state index contributed by atoms with van der Waals surface area (Å²) in [6.07, 6.45) is 0. The smallest absolute Gasteiger partial charge is 2.00 e. The minimum atomic E-state index is 0. The molecule has 0 heterocycles. The van der Waals surface area contributed by atoms with Gasteiger partial charge < -0.3 is 22.6 Å². The van der Waals surface area contributed by atoms with E-state index in [1.54, 1.807) is 0 Å². The molecule has 0 saturated heterocycles. The summed E-state index contributed by atoms with van der Waals surface area (Å²) < 4.78 is 0. The maximum absolute atomic E-state index is 0. The summed E-state index contributed by atoms with van der Waals surface area (Å²) in [6, 6.07) is 0. The zero-order valence-corrected chi connectivity index (χ0v) is 3.79.